The number of primary amides is 1. The maximum absolute atomic E-state index is 13.8. The summed E-state index contributed by atoms with van der Waals surface area (Å²) < 4.78 is 13.8. The highest BCUT2D eigenvalue weighted by atomic mass is 19.1. The van der Waals surface area contributed by atoms with Crippen molar-refractivity contribution in [3.63, 3.8) is 0 Å². The molecule has 1 aromatic heterocycles. The number of carbonyl (C=O) groups excluding carboxylic acids is 1. The first-order chi connectivity index (χ1) is 12.0. The summed E-state index contributed by atoms with van der Waals surface area (Å²) in [5.41, 5.74) is 13.9. The molecule has 1 aliphatic carbocycles. The van der Waals surface area contributed by atoms with E-state index in [1.807, 2.05) is 6.92 Å². The van der Waals surface area contributed by atoms with Gasteiger partial charge in [-0.15, -0.1) is 0 Å². The summed E-state index contributed by atoms with van der Waals surface area (Å²) >= 11 is 0. The summed E-state index contributed by atoms with van der Waals surface area (Å²) in [4.78, 5) is 20.9. The fraction of sp³-hybridized carbons (Fsp3) is 0.389. The van der Waals surface area contributed by atoms with Crippen LogP contribution in [0.2, 0.25) is 0 Å². The lowest BCUT2D eigenvalue weighted by Crippen LogP contribution is -2.19. The summed E-state index contributed by atoms with van der Waals surface area (Å²) in [6.07, 6.45) is 3.27. The van der Waals surface area contributed by atoms with Crippen molar-refractivity contribution in [3.8, 4) is 0 Å². The molecule has 25 heavy (non-hydrogen) atoms. The van der Waals surface area contributed by atoms with Crippen LogP contribution in [-0.2, 0) is 12.8 Å². The predicted octanol–water partition coefficient (Wildman–Crippen LogP) is 2.40. The van der Waals surface area contributed by atoms with Gasteiger partial charge in [-0.05, 0) is 56.0 Å². The number of anilines is 2. The molecule has 132 valence electrons. The Morgan fingerprint density at radius 2 is 2.12 bits per heavy atom. The third-order valence-corrected chi connectivity index (χ3v) is 4.25. The molecule has 2 aromatic rings. The number of nitrogens with two attached hydrogens (primary N) is 2. The van der Waals surface area contributed by atoms with Gasteiger partial charge in [0.05, 0.1) is 11.4 Å². The highest BCUT2D eigenvalue weighted by Crippen LogP contribution is 2.41. The maximum atomic E-state index is 13.8. The van der Waals surface area contributed by atoms with E-state index < -0.39 is 5.91 Å². The Hall–Kier alpha value is -2.54. The van der Waals surface area contributed by atoms with Crippen LogP contribution in [0, 0.1) is 5.82 Å². The fourth-order valence-electron chi connectivity index (χ4n) is 2.82. The molecule has 1 aromatic carbocycles. The van der Waals surface area contributed by atoms with Gasteiger partial charge in [-0.25, -0.2) is 14.4 Å². The minimum Gasteiger partial charge on any atom is -0.364 e. The second-order valence-electron chi connectivity index (χ2n) is 6.21. The van der Waals surface area contributed by atoms with Gasteiger partial charge in [0.2, 0.25) is 0 Å². The Kier molecular flexibility index (Phi) is 4.94. The van der Waals surface area contributed by atoms with E-state index in [1.54, 1.807) is 12.1 Å². The summed E-state index contributed by atoms with van der Waals surface area (Å²) in [7, 11) is 0. The Balaban J connectivity index is 1.99. The van der Waals surface area contributed by atoms with Crippen LogP contribution in [0.15, 0.2) is 18.2 Å². The third-order valence-electron chi connectivity index (χ3n) is 4.25. The molecule has 3 rings (SSSR count). The van der Waals surface area contributed by atoms with Crippen LogP contribution >= 0.6 is 0 Å². The topological polar surface area (TPSA) is 107 Å². The van der Waals surface area contributed by atoms with Crippen molar-refractivity contribution in [1.82, 2.24) is 9.97 Å². The van der Waals surface area contributed by atoms with Crippen LogP contribution in [-0.4, -0.2) is 22.4 Å². The average Bonchev–Trinajstić information content (AvgIpc) is 3.42. The van der Waals surface area contributed by atoms with Crippen molar-refractivity contribution < 1.29 is 9.18 Å². The monoisotopic (exact) mass is 343 g/mol. The number of amides is 1. The summed E-state index contributed by atoms with van der Waals surface area (Å²) in [5.74, 6) is -0.239. The van der Waals surface area contributed by atoms with E-state index in [1.165, 1.54) is 6.07 Å². The van der Waals surface area contributed by atoms with Gasteiger partial charge in [-0.3, -0.25) is 4.79 Å². The zero-order valence-corrected chi connectivity index (χ0v) is 14.2. The normalized spacial score (nSPS) is 13.7. The predicted molar refractivity (Wildman–Crippen MR) is 94.3 cm³/mol. The lowest BCUT2D eigenvalue weighted by Gasteiger charge is -2.14. The molecule has 0 bridgehead atoms. The second kappa shape index (κ2) is 7.14. The van der Waals surface area contributed by atoms with Gasteiger partial charge in [-0.2, -0.15) is 0 Å². The standard InChI is InChI=1S/C18H22FN5O/c1-2-14-15(10-3-4-10)24-18(16(23-14)17(21)25)22-12-5-6-13(19)11(9-12)7-8-20/h5-6,9-10H,2-4,7-8,20H2,1H3,(H2,21,25)(H,22,24). The van der Waals surface area contributed by atoms with Gasteiger partial charge in [-0.1, -0.05) is 6.92 Å². The van der Waals surface area contributed by atoms with Crippen molar-refractivity contribution in [2.75, 3.05) is 11.9 Å². The molecule has 1 heterocycles. The van der Waals surface area contributed by atoms with Crippen molar-refractivity contribution in [2.24, 2.45) is 11.5 Å². The molecule has 5 N–H and O–H groups in total. The molecule has 1 aliphatic rings. The number of aryl methyl sites for hydroxylation is 1. The number of carbonyl (C=O) groups is 1. The van der Waals surface area contributed by atoms with Gasteiger partial charge >= 0.3 is 0 Å². The van der Waals surface area contributed by atoms with Gasteiger partial charge in [0.1, 0.15) is 5.82 Å². The SMILES string of the molecule is CCc1nc(C(N)=O)c(Nc2ccc(F)c(CCN)c2)nc1C1CC1. The Morgan fingerprint density at radius 1 is 1.36 bits per heavy atom. The highest BCUT2D eigenvalue weighted by Gasteiger charge is 2.30. The number of aromatic nitrogens is 2. The van der Waals surface area contributed by atoms with Crippen molar-refractivity contribution >= 4 is 17.4 Å². The number of rotatable bonds is 7. The van der Waals surface area contributed by atoms with Gasteiger partial charge < -0.3 is 16.8 Å². The molecule has 1 fully saturated rings. The number of nitrogens with zero attached hydrogens (tertiary/aromatic N) is 2. The number of hydrogen-bond acceptors (Lipinski definition) is 5. The van der Waals surface area contributed by atoms with Crippen LogP contribution in [0.4, 0.5) is 15.9 Å². The van der Waals surface area contributed by atoms with Crippen molar-refractivity contribution in [3.05, 3.63) is 46.7 Å². The fourth-order valence-corrected chi connectivity index (χ4v) is 2.82. The molecular formula is C18H22FN5O. The smallest absolute Gasteiger partial charge is 0.271 e. The summed E-state index contributed by atoms with van der Waals surface area (Å²) in [6.45, 7) is 2.33. The number of benzene rings is 1. The number of nitrogens with one attached hydrogen (secondary N) is 1. The molecule has 1 amide bonds. The molecule has 6 nitrogen and oxygen atoms in total. The second-order valence-corrected chi connectivity index (χ2v) is 6.21. The molecule has 0 aliphatic heterocycles. The minimum atomic E-state index is -0.642. The third kappa shape index (κ3) is 3.76. The number of hydrogen-bond donors (Lipinski definition) is 3. The van der Waals surface area contributed by atoms with E-state index in [2.05, 4.69) is 15.3 Å². The van der Waals surface area contributed by atoms with Gasteiger partial charge in [0.15, 0.2) is 11.5 Å². The van der Waals surface area contributed by atoms with E-state index in [9.17, 15) is 9.18 Å². The average molecular weight is 343 g/mol. The Labute approximate surface area is 145 Å². The lowest BCUT2D eigenvalue weighted by molar-refractivity contribution is 0.0996. The zero-order chi connectivity index (χ0) is 18.0. The van der Waals surface area contributed by atoms with Crippen LogP contribution in [0.5, 0.6) is 0 Å². The van der Waals surface area contributed by atoms with Gasteiger partial charge in [0, 0.05) is 11.6 Å². The molecule has 0 saturated heterocycles. The largest absolute Gasteiger partial charge is 0.364 e. The summed E-state index contributed by atoms with van der Waals surface area (Å²) in [6, 6.07) is 4.62. The van der Waals surface area contributed by atoms with Crippen LogP contribution in [0.1, 0.15) is 53.1 Å². The zero-order valence-electron chi connectivity index (χ0n) is 14.2. The van der Waals surface area contributed by atoms with Crippen molar-refractivity contribution in [2.45, 2.75) is 38.5 Å². The quantitative estimate of drug-likeness (QED) is 0.715. The Bertz CT molecular complexity index is 804. The molecule has 0 atom stereocenters. The molecule has 7 heteroatoms. The van der Waals surface area contributed by atoms with Crippen LogP contribution in [0.3, 0.4) is 0 Å². The van der Waals surface area contributed by atoms with Crippen LogP contribution in [0.25, 0.3) is 0 Å². The van der Waals surface area contributed by atoms with Crippen molar-refractivity contribution in [1.29, 1.82) is 0 Å². The first-order valence-corrected chi connectivity index (χ1v) is 8.49. The molecule has 1 saturated carbocycles. The van der Waals surface area contributed by atoms with E-state index in [-0.39, 0.29) is 11.5 Å². The summed E-state index contributed by atoms with van der Waals surface area (Å²) in [5, 5.41) is 3.07. The minimum absolute atomic E-state index is 0.103. The molecule has 0 unspecified atom stereocenters. The maximum Gasteiger partial charge on any atom is 0.271 e. The van der Waals surface area contributed by atoms with Crippen LogP contribution < -0.4 is 16.8 Å². The molecule has 0 spiro atoms. The van der Waals surface area contributed by atoms with Gasteiger partial charge in [0.25, 0.3) is 5.91 Å². The van der Waals surface area contributed by atoms with E-state index in [0.717, 1.165) is 24.2 Å². The molecular weight excluding hydrogens is 321 g/mol. The molecule has 0 radical (unpaired) electrons. The number of halogens is 1. The first kappa shape index (κ1) is 17.3. The van der Waals surface area contributed by atoms with E-state index in [0.29, 0.717) is 42.4 Å². The highest BCUT2D eigenvalue weighted by molar-refractivity contribution is 5.96. The lowest BCUT2D eigenvalue weighted by atomic mass is 10.1. The first-order valence-electron chi connectivity index (χ1n) is 8.49. The Morgan fingerprint density at radius 3 is 2.72 bits per heavy atom. The van der Waals surface area contributed by atoms with E-state index >= 15 is 0 Å². The van der Waals surface area contributed by atoms with E-state index in [4.69, 9.17) is 11.5 Å².